The predicted octanol–water partition coefficient (Wildman–Crippen LogP) is 4.01. The summed E-state index contributed by atoms with van der Waals surface area (Å²) in [6, 6.07) is 24.2. The van der Waals surface area contributed by atoms with E-state index in [4.69, 9.17) is 0 Å². The Morgan fingerprint density at radius 1 is 0.500 bits per heavy atom. The molecule has 110 valence electrons. The highest BCUT2D eigenvalue weighted by Gasteiger charge is 2.02. The van der Waals surface area contributed by atoms with E-state index in [1.807, 2.05) is 48.5 Å². The second kappa shape index (κ2) is 6.56. The van der Waals surface area contributed by atoms with Crippen LogP contribution in [0.5, 0.6) is 0 Å². The summed E-state index contributed by atoms with van der Waals surface area (Å²) in [5.41, 5.74) is 6.27. The summed E-state index contributed by atoms with van der Waals surface area (Å²) in [7, 11) is 0. The Bertz CT molecular complexity index is 694. The molecule has 0 bridgehead atoms. The van der Waals surface area contributed by atoms with Crippen LogP contribution in [0, 0.1) is 0 Å². The molecule has 2 nitrogen and oxygen atoms in total. The van der Waals surface area contributed by atoms with Gasteiger partial charge in [0.15, 0.2) is 0 Å². The maximum absolute atomic E-state index is 9.23. The second-order valence-corrected chi connectivity index (χ2v) is 5.29. The normalized spacial score (nSPS) is 10.6. The van der Waals surface area contributed by atoms with Crippen LogP contribution in [0.3, 0.4) is 0 Å². The van der Waals surface area contributed by atoms with Crippen LogP contribution in [0.15, 0.2) is 72.8 Å². The van der Waals surface area contributed by atoms with Crippen molar-refractivity contribution in [3.05, 3.63) is 83.9 Å². The summed E-state index contributed by atoms with van der Waals surface area (Å²) < 4.78 is 0. The van der Waals surface area contributed by atoms with Gasteiger partial charge in [0.2, 0.25) is 0 Å². The molecule has 2 N–H and O–H groups in total. The van der Waals surface area contributed by atoms with Gasteiger partial charge >= 0.3 is 0 Å². The molecule has 3 rings (SSSR count). The van der Waals surface area contributed by atoms with Gasteiger partial charge in [-0.25, -0.2) is 0 Å². The lowest BCUT2D eigenvalue weighted by Crippen LogP contribution is -1.86. The predicted molar refractivity (Wildman–Crippen MR) is 89.2 cm³/mol. The molecule has 0 aromatic heterocycles. The number of benzene rings is 3. The van der Waals surface area contributed by atoms with Gasteiger partial charge in [0.25, 0.3) is 0 Å². The minimum atomic E-state index is 0.0554. The fourth-order valence-electron chi connectivity index (χ4n) is 2.55. The molecule has 0 fully saturated rings. The van der Waals surface area contributed by atoms with Crippen LogP contribution in [0.4, 0.5) is 0 Å². The maximum Gasteiger partial charge on any atom is 0.0682 e. The Hall–Kier alpha value is -2.42. The molecule has 0 heterocycles. The molecule has 3 aromatic carbocycles. The molecule has 0 unspecified atom stereocenters. The van der Waals surface area contributed by atoms with E-state index >= 15 is 0 Å². The molecule has 0 aliphatic heterocycles. The molecule has 0 saturated heterocycles. The lowest BCUT2D eigenvalue weighted by molar-refractivity contribution is 0.281. The quantitative estimate of drug-likeness (QED) is 0.762. The standard InChI is InChI=1S/C20H18O2/c21-13-15-3-1-5-19(11-15)17-7-9-18(10-8-17)20-6-2-4-16(12-20)14-22/h1-12,21-22H,13-14H2. The minimum absolute atomic E-state index is 0.0554. The Morgan fingerprint density at radius 2 is 0.909 bits per heavy atom. The van der Waals surface area contributed by atoms with Crippen molar-refractivity contribution in [3.63, 3.8) is 0 Å². The molecule has 0 amide bonds. The first-order chi connectivity index (χ1) is 10.8. The monoisotopic (exact) mass is 290 g/mol. The van der Waals surface area contributed by atoms with Crippen LogP contribution < -0.4 is 0 Å². The van der Waals surface area contributed by atoms with Gasteiger partial charge < -0.3 is 10.2 Å². The highest BCUT2D eigenvalue weighted by atomic mass is 16.3. The molecule has 3 aromatic rings. The van der Waals surface area contributed by atoms with E-state index < -0.39 is 0 Å². The van der Waals surface area contributed by atoms with Gasteiger partial charge in [0.05, 0.1) is 13.2 Å². The Kier molecular flexibility index (Phi) is 4.33. The summed E-state index contributed by atoms with van der Waals surface area (Å²) in [5.74, 6) is 0. The molecule has 0 radical (unpaired) electrons. The zero-order valence-electron chi connectivity index (χ0n) is 12.2. The zero-order valence-corrected chi connectivity index (χ0v) is 12.2. The van der Waals surface area contributed by atoms with Crippen LogP contribution in [-0.4, -0.2) is 10.2 Å². The Balaban J connectivity index is 1.91. The van der Waals surface area contributed by atoms with Gasteiger partial charge in [0, 0.05) is 0 Å². The molecule has 0 atom stereocenters. The van der Waals surface area contributed by atoms with Crippen molar-refractivity contribution in [2.75, 3.05) is 0 Å². The van der Waals surface area contributed by atoms with Crippen molar-refractivity contribution in [2.45, 2.75) is 13.2 Å². The largest absolute Gasteiger partial charge is 0.392 e. The van der Waals surface area contributed by atoms with Crippen LogP contribution in [0.25, 0.3) is 22.3 Å². The van der Waals surface area contributed by atoms with E-state index in [1.165, 1.54) is 0 Å². The summed E-state index contributed by atoms with van der Waals surface area (Å²) >= 11 is 0. The first-order valence-corrected chi connectivity index (χ1v) is 7.30. The topological polar surface area (TPSA) is 40.5 Å². The van der Waals surface area contributed by atoms with Crippen molar-refractivity contribution >= 4 is 0 Å². The first kappa shape index (κ1) is 14.5. The van der Waals surface area contributed by atoms with Crippen molar-refractivity contribution < 1.29 is 10.2 Å². The van der Waals surface area contributed by atoms with Gasteiger partial charge in [-0.05, 0) is 45.5 Å². The van der Waals surface area contributed by atoms with Crippen molar-refractivity contribution in [3.8, 4) is 22.3 Å². The third-order valence-electron chi connectivity index (χ3n) is 3.77. The lowest BCUT2D eigenvalue weighted by Gasteiger charge is -2.07. The molecule has 0 aliphatic carbocycles. The molecule has 22 heavy (non-hydrogen) atoms. The maximum atomic E-state index is 9.23. The van der Waals surface area contributed by atoms with E-state index in [0.717, 1.165) is 33.4 Å². The number of hydrogen-bond acceptors (Lipinski definition) is 2. The SMILES string of the molecule is OCc1cccc(-c2ccc(-c3cccc(CO)c3)cc2)c1. The van der Waals surface area contributed by atoms with Gasteiger partial charge in [-0.3, -0.25) is 0 Å². The number of rotatable bonds is 4. The molecule has 0 saturated carbocycles. The molecular formula is C20H18O2. The zero-order chi connectivity index (χ0) is 15.4. The first-order valence-electron chi connectivity index (χ1n) is 7.30. The number of hydrogen-bond donors (Lipinski definition) is 2. The molecule has 0 spiro atoms. The third-order valence-corrected chi connectivity index (χ3v) is 3.77. The van der Waals surface area contributed by atoms with E-state index in [2.05, 4.69) is 24.3 Å². The molecular weight excluding hydrogens is 272 g/mol. The summed E-state index contributed by atoms with van der Waals surface area (Å²) in [4.78, 5) is 0. The number of aliphatic hydroxyl groups is 2. The van der Waals surface area contributed by atoms with E-state index in [0.29, 0.717) is 0 Å². The van der Waals surface area contributed by atoms with Gasteiger partial charge in [-0.15, -0.1) is 0 Å². The lowest BCUT2D eigenvalue weighted by atomic mass is 9.98. The fraction of sp³-hybridized carbons (Fsp3) is 0.100. The second-order valence-electron chi connectivity index (χ2n) is 5.29. The summed E-state index contributed by atoms with van der Waals surface area (Å²) in [6.07, 6.45) is 0. The Labute approximate surface area is 130 Å². The molecule has 2 heteroatoms. The third kappa shape index (κ3) is 3.08. The Morgan fingerprint density at radius 3 is 1.27 bits per heavy atom. The van der Waals surface area contributed by atoms with Crippen molar-refractivity contribution in [1.82, 2.24) is 0 Å². The van der Waals surface area contributed by atoms with Gasteiger partial charge in [-0.2, -0.15) is 0 Å². The van der Waals surface area contributed by atoms with Crippen molar-refractivity contribution in [1.29, 1.82) is 0 Å². The highest BCUT2D eigenvalue weighted by Crippen LogP contribution is 2.26. The summed E-state index contributed by atoms with van der Waals surface area (Å²) in [5, 5.41) is 18.5. The van der Waals surface area contributed by atoms with Crippen LogP contribution in [0.1, 0.15) is 11.1 Å². The van der Waals surface area contributed by atoms with E-state index in [1.54, 1.807) is 0 Å². The smallest absolute Gasteiger partial charge is 0.0682 e. The average Bonchev–Trinajstić information content (AvgIpc) is 2.62. The van der Waals surface area contributed by atoms with Crippen LogP contribution in [-0.2, 0) is 13.2 Å². The van der Waals surface area contributed by atoms with Gasteiger partial charge in [-0.1, -0.05) is 60.7 Å². The number of aliphatic hydroxyl groups excluding tert-OH is 2. The van der Waals surface area contributed by atoms with Crippen LogP contribution >= 0.6 is 0 Å². The average molecular weight is 290 g/mol. The van der Waals surface area contributed by atoms with Gasteiger partial charge in [0.1, 0.15) is 0 Å². The highest BCUT2D eigenvalue weighted by molar-refractivity contribution is 5.71. The fourth-order valence-corrected chi connectivity index (χ4v) is 2.55. The van der Waals surface area contributed by atoms with E-state index in [-0.39, 0.29) is 13.2 Å². The molecule has 0 aliphatic rings. The van der Waals surface area contributed by atoms with Crippen LogP contribution in [0.2, 0.25) is 0 Å². The summed E-state index contributed by atoms with van der Waals surface area (Å²) in [6.45, 7) is 0.111. The van der Waals surface area contributed by atoms with E-state index in [9.17, 15) is 10.2 Å². The van der Waals surface area contributed by atoms with Crippen molar-refractivity contribution in [2.24, 2.45) is 0 Å². The minimum Gasteiger partial charge on any atom is -0.392 e.